The maximum absolute atomic E-state index is 13.0. The van der Waals surface area contributed by atoms with Crippen LogP contribution in [0.25, 0.3) is 0 Å². The van der Waals surface area contributed by atoms with Crippen LogP contribution >= 0.6 is 22.6 Å². The number of carbonyl (C=O) groups excluding carboxylic acids is 1. The fourth-order valence-corrected chi connectivity index (χ4v) is 2.50. The van der Waals surface area contributed by atoms with Crippen LogP contribution in [-0.2, 0) is 0 Å². The van der Waals surface area contributed by atoms with Gasteiger partial charge >= 0.3 is 0 Å². The van der Waals surface area contributed by atoms with E-state index in [2.05, 4.69) is 5.32 Å². The van der Waals surface area contributed by atoms with Crippen LogP contribution in [0, 0.1) is 9.39 Å². The summed E-state index contributed by atoms with van der Waals surface area (Å²) in [5.41, 5.74) is 8.33. The predicted octanol–water partition coefficient (Wildman–Crippen LogP) is 3.33. The van der Waals surface area contributed by atoms with Crippen molar-refractivity contribution in [3.8, 4) is 0 Å². The SMILES string of the molecule is CN(C)c1ccc(C(=O)Nc2ccc(F)cc2I)cc1N. The molecule has 0 spiro atoms. The van der Waals surface area contributed by atoms with Crippen molar-refractivity contribution < 1.29 is 9.18 Å². The first-order valence-corrected chi connectivity index (χ1v) is 7.29. The first-order chi connectivity index (χ1) is 9.88. The Labute approximate surface area is 136 Å². The molecule has 0 aliphatic heterocycles. The molecule has 0 aliphatic carbocycles. The highest BCUT2D eigenvalue weighted by molar-refractivity contribution is 14.1. The number of halogens is 2. The van der Waals surface area contributed by atoms with Crippen molar-refractivity contribution in [3.05, 3.63) is 51.3 Å². The minimum absolute atomic E-state index is 0.281. The van der Waals surface area contributed by atoms with Gasteiger partial charge in [0.15, 0.2) is 0 Å². The highest BCUT2D eigenvalue weighted by Gasteiger charge is 2.11. The molecule has 0 unspecified atom stereocenters. The molecule has 0 saturated carbocycles. The summed E-state index contributed by atoms with van der Waals surface area (Å²) in [6.45, 7) is 0. The number of hydrogen-bond donors (Lipinski definition) is 2. The summed E-state index contributed by atoms with van der Waals surface area (Å²) in [7, 11) is 3.76. The molecule has 4 nitrogen and oxygen atoms in total. The Morgan fingerprint density at radius 1 is 1.24 bits per heavy atom. The van der Waals surface area contributed by atoms with Gasteiger partial charge in [-0.2, -0.15) is 0 Å². The molecule has 0 heterocycles. The fourth-order valence-electron chi connectivity index (χ4n) is 1.89. The molecule has 2 aromatic rings. The molecule has 0 aromatic heterocycles. The Morgan fingerprint density at radius 3 is 2.52 bits per heavy atom. The van der Waals surface area contributed by atoms with E-state index in [9.17, 15) is 9.18 Å². The standard InChI is InChI=1S/C15H15FIN3O/c1-20(2)14-6-3-9(7-12(14)18)15(21)19-13-5-4-10(16)8-11(13)17/h3-8H,18H2,1-2H3,(H,19,21). The molecule has 6 heteroatoms. The van der Waals surface area contributed by atoms with Gasteiger partial charge in [0.05, 0.1) is 17.1 Å². The Morgan fingerprint density at radius 2 is 1.95 bits per heavy atom. The van der Waals surface area contributed by atoms with E-state index in [-0.39, 0.29) is 11.7 Å². The topological polar surface area (TPSA) is 58.4 Å². The lowest BCUT2D eigenvalue weighted by atomic mass is 10.1. The fraction of sp³-hybridized carbons (Fsp3) is 0.133. The van der Waals surface area contributed by atoms with Gasteiger partial charge in [0.25, 0.3) is 5.91 Å². The highest BCUT2D eigenvalue weighted by Crippen LogP contribution is 2.24. The van der Waals surface area contributed by atoms with Gasteiger partial charge < -0.3 is 16.0 Å². The summed E-state index contributed by atoms with van der Waals surface area (Å²) in [5, 5.41) is 2.75. The van der Waals surface area contributed by atoms with Gasteiger partial charge in [-0.05, 0) is 59.0 Å². The van der Waals surface area contributed by atoms with Crippen molar-refractivity contribution >= 4 is 45.6 Å². The normalized spacial score (nSPS) is 10.3. The third-order valence-corrected chi connectivity index (χ3v) is 3.84. The third-order valence-electron chi connectivity index (χ3n) is 2.95. The average molecular weight is 399 g/mol. The van der Waals surface area contributed by atoms with Crippen LogP contribution in [-0.4, -0.2) is 20.0 Å². The molecular formula is C15H15FIN3O. The molecule has 2 rings (SSSR count). The zero-order valence-corrected chi connectivity index (χ0v) is 13.8. The summed E-state index contributed by atoms with van der Waals surface area (Å²) in [6.07, 6.45) is 0. The minimum atomic E-state index is -0.336. The van der Waals surface area contributed by atoms with Crippen LogP contribution < -0.4 is 16.0 Å². The average Bonchev–Trinajstić information content (AvgIpc) is 2.41. The molecule has 110 valence electrons. The Kier molecular flexibility index (Phi) is 4.66. The largest absolute Gasteiger partial charge is 0.397 e. The number of nitrogens with zero attached hydrogens (tertiary/aromatic N) is 1. The number of nitrogens with one attached hydrogen (secondary N) is 1. The van der Waals surface area contributed by atoms with Crippen LogP contribution in [0.4, 0.5) is 21.5 Å². The predicted molar refractivity (Wildman–Crippen MR) is 92.3 cm³/mol. The zero-order valence-electron chi connectivity index (χ0n) is 11.7. The number of carbonyl (C=O) groups is 1. The summed E-state index contributed by atoms with van der Waals surface area (Å²) in [4.78, 5) is 14.1. The van der Waals surface area contributed by atoms with Crippen LogP contribution in [0.1, 0.15) is 10.4 Å². The lowest BCUT2D eigenvalue weighted by Crippen LogP contribution is -2.15. The molecule has 0 atom stereocenters. The molecule has 0 aliphatic rings. The van der Waals surface area contributed by atoms with Crippen LogP contribution in [0.3, 0.4) is 0 Å². The van der Waals surface area contributed by atoms with E-state index in [4.69, 9.17) is 5.73 Å². The van der Waals surface area contributed by atoms with Crippen molar-refractivity contribution in [1.82, 2.24) is 0 Å². The molecule has 1 amide bonds. The van der Waals surface area contributed by atoms with Crippen LogP contribution in [0.5, 0.6) is 0 Å². The summed E-state index contributed by atoms with van der Waals surface area (Å²) in [6, 6.07) is 9.33. The second-order valence-corrected chi connectivity index (χ2v) is 5.91. The lowest BCUT2D eigenvalue weighted by Gasteiger charge is -2.16. The van der Waals surface area contributed by atoms with Gasteiger partial charge in [-0.25, -0.2) is 4.39 Å². The van der Waals surface area contributed by atoms with E-state index in [1.807, 2.05) is 41.6 Å². The van der Waals surface area contributed by atoms with E-state index in [0.717, 1.165) is 5.69 Å². The number of nitrogens with two attached hydrogens (primary N) is 1. The molecule has 0 radical (unpaired) electrons. The van der Waals surface area contributed by atoms with Gasteiger partial charge in [0.1, 0.15) is 5.82 Å². The van der Waals surface area contributed by atoms with Gasteiger partial charge in [0, 0.05) is 23.2 Å². The second-order valence-electron chi connectivity index (χ2n) is 4.75. The number of amides is 1. The quantitative estimate of drug-likeness (QED) is 0.615. The third kappa shape index (κ3) is 3.63. The molecule has 0 fully saturated rings. The van der Waals surface area contributed by atoms with Crippen molar-refractivity contribution in [2.24, 2.45) is 0 Å². The molecule has 0 bridgehead atoms. The molecule has 21 heavy (non-hydrogen) atoms. The number of anilines is 3. The second kappa shape index (κ2) is 6.30. The van der Waals surface area contributed by atoms with Gasteiger partial charge in [0.2, 0.25) is 0 Å². The molecule has 2 aromatic carbocycles. The van der Waals surface area contributed by atoms with Crippen molar-refractivity contribution in [2.45, 2.75) is 0 Å². The van der Waals surface area contributed by atoms with Gasteiger partial charge in [-0.15, -0.1) is 0 Å². The Bertz CT molecular complexity index is 689. The van der Waals surface area contributed by atoms with Crippen LogP contribution in [0.15, 0.2) is 36.4 Å². The van der Waals surface area contributed by atoms with E-state index < -0.39 is 0 Å². The number of hydrogen-bond acceptors (Lipinski definition) is 3. The molecule has 3 N–H and O–H groups in total. The number of nitrogen functional groups attached to an aromatic ring is 1. The smallest absolute Gasteiger partial charge is 0.255 e. The summed E-state index contributed by atoms with van der Waals surface area (Å²) in [5.74, 6) is -0.617. The van der Waals surface area contributed by atoms with Crippen LogP contribution in [0.2, 0.25) is 0 Å². The summed E-state index contributed by atoms with van der Waals surface area (Å²) < 4.78 is 13.7. The number of benzene rings is 2. The Balaban J connectivity index is 2.22. The summed E-state index contributed by atoms with van der Waals surface area (Å²) >= 11 is 1.97. The van der Waals surface area contributed by atoms with E-state index in [1.54, 1.807) is 18.2 Å². The van der Waals surface area contributed by atoms with Crippen molar-refractivity contribution in [2.75, 3.05) is 30.0 Å². The van der Waals surface area contributed by atoms with E-state index >= 15 is 0 Å². The lowest BCUT2D eigenvalue weighted by molar-refractivity contribution is 0.102. The first-order valence-electron chi connectivity index (χ1n) is 6.21. The van der Waals surface area contributed by atoms with Crippen molar-refractivity contribution in [1.29, 1.82) is 0 Å². The van der Waals surface area contributed by atoms with Gasteiger partial charge in [-0.1, -0.05) is 0 Å². The number of rotatable bonds is 3. The van der Waals surface area contributed by atoms with E-state index in [1.165, 1.54) is 18.2 Å². The van der Waals surface area contributed by atoms with Gasteiger partial charge in [-0.3, -0.25) is 4.79 Å². The highest BCUT2D eigenvalue weighted by atomic mass is 127. The Hall–Kier alpha value is -1.83. The van der Waals surface area contributed by atoms with Crippen molar-refractivity contribution in [3.63, 3.8) is 0 Å². The minimum Gasteiger partial charge on any atom is -0.397 e. The zero-order chi connectivity index (χ0) is 15.6. The maximum Gasteiger partial charge on any atom is 0.255 e. The molecular weight excluding hydrogens is 384 g/mol. The van der Waals surface area contributed by atoms with E-state index in [0.29, 0.717) is 20.5 Å². The maximum atomic E-state index is 13.0. The monoisotopic (exact) mass is 399 g/mol. The molecule has 0 saturated heterocycles. The first kappa shape index (κ1) is 15.6.